The number of aliphatic hydroxyl groups is 1. The summed E-state index contributed by atoms with van der Waals surface area (Å²) in [5.74, 6) is -0.311. The topological polar surface area (TPSA) is 66.8 Å². The molecule has 0 aromatic heterocycles. The van der Waals surface area contributed by atoms with Crippen LogP contribution in [0.25, 0.3) is 0 Å². The van der Waals surface area contributed by atoms with Gasteiger partial charge in [-0.25, -0.2) is 0 Å². The van der Waals surface area contributed by atoms with Crippen molar-refractivity contribution in [3.05, 3.63) is 28.2 Å². The van der Waals surface area contributed by atoms with E-state index >= 15 is 0 Å². The number of rotatable bonds is 5. The predicted octanol–water partition coefficient (Wildman–Crippen LogP) is 2.18. The number of aliphatic carboxylic acids is 1. The fourth-order valence-electron chi connectivity index (χ4n) is 1.61. The summed E-state index contributed by atoms with van der Waals surface area (Å²) in [7, 11) is 1.55. The van der Waals surface area contributed by atoms with E-state index in [1.807, 2.05) is 0 Å². The van der Waals surface area contributed by atoms with E-state index < -0.39 is 11.4 Å². The summed E-state index contributed by atoms with van der Waals surface area (Å²) in [6.45, 7) is 1.42. The molecule has 0 fully saturated rings. The molecule has 1 rings (SSSR count). The minimum absolute atomic E-state index is 0.168. The van der Waals surface area contributed by atoms with E-state index in [2.05, 4.69) is 15.9 Å². The van der Waals surface area contributed by atoms with E-state index in [0.29, 0.717) is 15.8 Å². The van der Waals surface area contributed by atoms with E-state index in [4.69, 9.17) is 9.84 Å². The van der Waals surface area contributed by atoms with Crippen LogP contribution in [0.2, 0.25) is 0 Å². The maximum Gasteiger partial charge on any atom is 0.313 e. The number of aliphatic hydroxyl groups excluding tert-OH is 1. The highest BCUT2D eigenvalue weighted by molar-refractivity contribution is 9.10. The van der Waals surface area contributed by atoms with Crippen LogP contribution in [0.1, 0.15) is 18.9 Å². The molecule has 0 heterocycles. The molecule has 4 nitrogen and oxygen atoms in total. The summed E-state index contributed by atoms with van der Waals surface area (Å²) in [4.78, 5) is 11.3. The van der Waals surface area contributed by atoms with Crippen molar-refractivity contribution in [3.63, 3.8) is 0 Å². The summed E-state index contributed by atoms with van der Waals surface area (Å²) < 4.78 is 5.79. The molecule has 0 radical (unpaired) electrons. The zero-order chi connectivity index (χ0) is 13.1. The number of methoxy groups -OCH3 is 1. The van der Waals surface area contributed by atoms with Crippen molar-refractivity contribution in [3.8, 4) is 5.75 Å². The average Bonchev–Trinajstić information content (AvgIpc) is 2.28. The van der Waals surface area contributed by atoms with Crippen LogP contribution in [-0.2, 0) is 10.2 Å². The van der Waals surface area contributed by atoms with Crippen molar-refractivity contribution >= 4 is 21.9 Å². The Morgan fingerprint density at radius 3 is 2.59 bits per heavy atom. The van der Waals surface area contributed by atoms with Crippen molar-refractivity contribution in [1.82, 2.24) is 0 Å². The molecule has 0 aliphatic rings. The highest BCUT2D eigenvalue weighted by atomic mass is 79.9. The number of ether oxygens (including phenoxy) is 1. The van der Waals surface area contributed by atoms with Gasteiger partial charge in [-0.05, 0) is 47.0 Å². The van der Waals surface area contributed by atoms with Gasteiger partial charge in [-0.15, -0.1) is 0 Å². The van der Waals surface area contributed by atoms with Gasteiger partial charge in [0.15, 0.2) is 0 Å². The van der Waals surface area contributed by atoms with Gasteiger partial charge < -0.3 is 14.9 Å². The molecule has 5 heteroatoms. The highest BCUT2D eigenvalue weighted by Gasteiger charge is 2.34. The van der Waals surface area contributed by atoms with Gasteiger partial charge in [0.2, 0.25) is 0 Å². The number of halogens is 1. The largest absolute Gasteiger partial charge is 0.496 e. The molecule has 0 saturated carbocycles. The first-order valence-electron chi connectivity index (χ1n) is 5.14. The Balaban J connectivity index is 3.20. The standard InChI is InChI=1S/C12H15BrO4/c1-12(5-6-14,11(15)16)8-3-4-10(17-2)9(13)7-8/h3-4,7,14H,5-6H2,1-2H3,(H,15,16). The molecule has 0 aliphatic carbocycles. The number of carboxylic acid groups (broad SMARTS) is 1. The molecule has 1 aromatic carbocycles. The number of carboxylic acids is 1. The van der Waals surface area contributed by atoms with Crippen LogP contribution < -0.4 is 4.74 Å². The predicted molar refractivity (Wildman–Crippen MR) is 67.4 cm³/mol. The molecule has 0 spiro atoms. The lowest BCUT2D eigenvalue weighted by Crippen LogP contribution is -2.33. The molecule has 94 valence electrons. The van der Waals surface area contributed by atoms with Crippen LogP contribution in [0, 0.1) is 0 Å². The maximum atomic E-state index is 11.3. The SMILES string of the molecule is COc1ccc(C(C)(CCO)C(=O)O)cc1Br. The van der Waals surface area contributed by atoms with Gasteiger partial charge >= 0.3 is 5.97 Å². The lowest BCUT2D eigenvalue weighted by Gasteiger charge is -2.25. The van der Waals surface area contributed by atoms with E-state index in [-0.39, 0.29) is 13.0 Å². The third kappa shape index (κ3) is 2.79. The summed E-state index contributed by atoms with van der Waals surface area (Å²) in [6, 6.07) is 5.12. The molecule has 1 atom stereocenters. The van der Waals surface area contributed by atoms with E-state index in [9.17, 15) is 9.90 Å². The normalized spacial score (nSPS) is 14.1. The second-order valence-corrected chi connectivity index (χ2v) is 4.81. The third-order valence-corrected chi connectivity index (χ3v) is 3.49. The van der Waals surface area contributed by atoms with Crippen molar-refractivity contribution in [2.24, 2.45) is 0 Å². The summed E-state index contributed by atoms with van der Waals surface area (Å²) in [5, 5.41) is 18.3. The van der Waals surface area contributed by atoms with Crippen molar-refractivity contribution in [1.29, 1.82) is 0 Å². The van der Waals surface area contributed by atoms with Gasteiger partial charge in [-0.3, -0.25) is 4.79 Å². The molecule has 2 N–H and O–H groups in total. The lowest BCUT2D eigenvalue weighted by molar-refractivity contribution is -0.143. The Labute approximate surface area is 108 Å². The molecule has 0 saturated heterocycles. The zero-order valence-electron chi connectivity index (χ0n) is 9.74. The number of hydrogen-bond donors (Lipinski definition) is 2. The van der Waals surface area contributed by atoms with Gasteiger partial charge in [0, 0.05) is 6.61 Å². The minimum atomic E-state index is -1.09. The fraction of sp³-hybridized carbons (Fsp3) is 0.417. The highest BCUT2D eigenvalue weighted by Crippen LogP contribution is 2.33. The molecule has 0 amide bonds. The number of benzene rings is 1. The first-order chi connectivity index (χ1) is 7.95. The second-order valence-electron chi connectivity index (χ2n) is 3.96. The van der Waals surface area contributed by atoms with Crippen LogP contribution in [0.5, 0.6) is 5.75 Å². The van der Waals surface area contributed by atoms with Gasteiger partial charge in [0.05, 0.1) is 17.0 Å². The lowest BCUT2D eigenvalue weighted by atomic mass is 9.80. The summed E-state index contributed by atoms with van der Waals surface area (Å²) >= 11 is 3.32. The van der Waals surface area contributed by atoms with Crippen LogP contribution >= 0.6 is 15.9 Å². The molecule has 17 heavy (non-hydrogen) atoms. The maximum absolute atomic E-state index is 11.3. The fourth-order valence-corrected chi connectivity index (χ4v) is 2.15. The van der Waals surface area contributed by atoms with Crippen LogP contribution in [-0.4, -0.2) is 29.9 Å². The quantitative estimate of drug-likeness (QED) is 0.875. The molecule has 0 bridgehead atoms. The molecule has 1 unspecified atom stereocenters. The first kappa shape index (κ1) is 14.0. The Morgan fingerprint density at radius 1 is 1.53 bits per heavy atom. The third-order valence-electron chi connectivity index (χ3n) is 2.87. The van der Waals surface area contributed by atoms with Gasteiger partial charge in [0.1, 0.15) is 5.75 Å². The van der Waals surface area contributed by atoms with Crippen LogP contribution in [0.15, 0.2) is 22.7 Å². The monoisotopic (exact) mass is 302 g/mol. The van der Waals surface area contributed by atoms with Crippen molar-refractivity contribution in [2.75, 3.05) is 13.7 Å². The Kier molecular flexibility index (Phi) is 4.54. The van der Waals surface area contributed by atoms with Crippen molar-refractivity contribution in [2.45, 2.75) is 18.8 Å². The van der Waals surface area contributed by atoms with E-state index in [1.165, 1.54) is 0 Å². The molecular formula is C12H15BrO4. The zero-order valence-corrected chi connectivity index (χ0v) is 11.3. The summed E-state index contributed by atoms with van der Waals surface area (Å²) in [6.07, 6.45) is 0.168. The number of hydrogen-bond acceptors (Lipinski definition) is 3. The smallest absolute Gasteiger partial charge is 0.313 e. The second kappa shape index (κ2) is 5.51. The van der Waals surface area contributed by atoms with Crippen molar-refractivity contribution < 1.29 is 19.7 Å². The van der Waals surface area contributed by atoms with Crippen LogP contribution in [0.3, 0.4) is 0 Å². The van der Waals surface area contributed by atoms with Gasteiger partial charge in [-0.1, -0.05) is 6.07 Å². The molecule has 1 aromatic rings. The van der Waals surface area contributed by atoms with E-state index in [0.717, 1.165) is 0 Å². The molecular weight excluding hydrogens is 288 g/mol. The Morgan fingerprint density at radius 2 is 2.18 bits per heavy atom. The van der Waals surface area contributed by atoms with E-state index in [1.54, 1.807) is 32.2 Å². The Bertz CT molecular complexity index is 419. The molecule has 0 aliphatic heterocycles. The van der Waals surface area contributed by atoms with Crippen LogP contribution in [0.4, 0.5) is 0 Å². The van der Waals surface area contributed by atoms with Gasteiger partial charge in [-0.2, -0.15) is 0 Å². The Hall–Kier alpha value is -1.07. The minimum Gasteiger partial charge on any atom is -0.496 e. The first-order valence-corrected chi connectivity index (χ1v) is 5.93. The number of carbonyl (C=O) groups is 1. The average molecular weight is 303 g/mol. The van der Waals surface area contributed by atoms with Gasteiger partial charge in [0.25, 0.3) is 0 Å². The summed E-state index contributed by atoms with van der Waals surface area (Å²) in [5.41, 5.74) is -0.462.